The van der Waals surface area contributed by atoms with E-state index in [9.17, 15) is 4.79 Å². The van der Waals surface area contributed by atoms with Crippen molar-refractivity contribution in [2.45, 2.75) is 11.0 Å². The highest BCUT2D eigenvalue weighted by Crippen LogP contribution is 2.16. The van der Waals surface area contributed by atoms with E-state index in [1.54, 1.807) is 24.3 Å². The number of rotatable bonds is 4. The van der Waals surface area contributed by atoms with Crippen molar-refractivity contribution in [2.24, 2.45) is 0 Å². The van der Waals surface area contributed by atoms with E-state index in [0.29, 0.717) is 36.9 Å². The molecule has 0 aromatic heterocycles. The molecule has 7 heteroatoms. The molecule has 4 nitrogen and oxygen atoms in total. The molecule has 1 amide bonds. The summed E-state index contributed by atoms with van der Waals surface area (Å²) < 4.78 is 5.28. The van der Waals surface area contributed by atoms with Gasteiger partial charge in [-0.1, -0.05) is 11.6 Å². The van der Waals surface area contributed by atoms with Crippen molar-refractivity contribution in [1.82, 2.24) is 10.2 Å². The minimum absolute atomic E-state index is 0.232. The Bertz CT molecular complexity index is 447. The Morgan fingerprint density at radius 1 is 1.20 bits per heavy atom. The molecule has 1 fully saturated rings. The van der Waals surface area contributed by atoms with Crippen LogP contribution in [-0.2, 0) is 4.74 Å². The van der Waals surface area contributed by atoms with Gasteiger partial charge in [0.25, 0.3) is 5.91 Å². The molecule has 1 atom stereocenters. The maximum Gasteiger partial charge on any atom is 0.252 e. The molecule has 1 saturated heterocycles. The molecule has 20 heavy (non-hydrogen) atoms. The standard InChI is InChI=1S/C13H15Cl3N2O2/c14-10-3-1-9(2-4-10)13(19)17-12(11(15)16)18-5-7-20-8-6-18/h1-4,11-12H,5-8H2,(H,17,19)/t12-/m1/s1. The lowest BCUT2D eigenvalue weighted by Gasteiger charge is -2.35. The summed E-state index contributed by atoms with van der Waals surface area (Å²) in [6, 6.07) is 6.65. The predicted octanol–water partition coefficient (Wildman–Crippen LogP) is 2.53. The van der Waals surface area contributed by atoms with Crippen molar-refractivity contribution >= 4 is 40.7 Å². The van der Waals surface area contributed by atoms with Gasteiger partial charge < -0.3 is 10.1 Å². The van der Waals surface area contributed by atoms with Crippen LogP contribution in [-0.4, -0.2) is 48.1 Å². The predicted molar refractivity (Wildman–Crippen MR) is 80.6 cm³/mol. The minimum atomic E-state index is -0.718. The van der Waals surface area contributed by atoms with Gasteiger partial charge in [-0.3, -0.25) is 9.69 Å². The quantitative estimate of drug-likeness (QED) is 0.859. The van der Waals surface area contributed by atoms with Gasteiger partial charge in [0.1, 0.15) is 11.0 Å². The summed E-state index contributed by atoms with van der Waals surface area (Å²) in [5, 5.41) is 3.43. The zero-order valence-corrected chi connectivity index (χ0v) is 13.0. The van der Waals surface area contributed by atoms with Crippen LogP contribution in [0, 0.1) is 0 Å². The Labute approximate surface area is 132 Å². The van der Waals surface area contributed by atoms with Crippen LogP contribution in [0.3, 0.4) is 0 Å². The van der Waals surface area contributed by atoms with Crippen molar-refractivity contribution in [2.75, 3.05) is 26.3 Å². The number of hydrogen-bond acceptors (Lipinski definition) is 3. The molecule has 1 aliphatic heterocycles. The van der Waals surface area contributed by atoms with Crippen LogP contribution in [0.2, 0.25) is 5.02 Å². The summed E-state index contributed by atoms with van der Waals surface area (Å²) in [4.78, 5) is 13.5. The molecule has 0 spiro atoms. The van der Waals surface area contributed by atoms with Gasteiger partial charge in [0.15, 0.2) is 0 Å². The number of ether oxygens (including phenoxy) is 1. The molecule has 1 aromatic carbocycles. The van der Waals surface area contributed by atoms with E-state index in [4.69, 9.17) is 39.5 Å². The van der Waals surface area contributed by atoms with Crippen molar-refractivity contribution in [3.05, 3.63) is 34.9 Å². The average Bonchev–Trinajstić information content (AvgIpc) is 2.46. The molecule has 0 unspecified atom stereocenters. The third kappa shape index (κ3) is 4.24. The number of carbonyl (C=O) groups excluding carboxylic acids is 1. The second-order valence-electron chi connectivity index (χ2n) is 4.41. The summed E-state index contributed by atoms with van der Waals surface area (Å²) >= 11 is 17.8. The van der Waals surface area contributed by atoms with Gasteiger partial charge in [0, 0.05) is 23.7 Å². The summed E-state index contributed by atoms with van der Waals surface area (Å²) in [6.07, 6.45) is -0.439. The molecule has 110 valence electrons. The van der Waals surface area contributed by atoms with Crippen molar-refractivity contribution in [1.29, 1.82) is 0 Å². The van der Waals surface area contributed by atoms with Crippen LogP contribution < -0.4 is 5.32 Å². The smallest absolute Gasteiger partial charge is 0.252 e. The molecule has 1 N–H and O–H groups in total. The number of morpholine rings is 1. The lowest BCUT2D eigenvalue weighted by atomic mass is 10.2. The van der Waals surface area contributed by atoms with Crippen molar-refractivity contribution in [3.8, 4) is 0 Å². The molecule has 1 heterocycles. The van der Waals surface area contributed by atoms with Crippen LogP contribution in [0.15, 0.2) is 24.3 Å². The van der Waals surface area contributed by atoms with Crippen LogP contribution in [0.5, 0.6) is 0 Å². The Kier molecular flexibility index (Phi) is 5.93. The molecule has 1 aromatic rings. The Balaban J connectivity index is 2.03. The average molecular weight is 338 g/mol. The zero-order chi connectivity index (χ0) is 14.5. The van der Waals surface area contributed by atoms with E-state index < -0.39 is 11.0 Å². The molecule has 0 bridgehead atoms. The number of nitrogens with zero attached hydrogens (tertiary/aromatic N) is 1. The summed E-state index contributed by atoms with van der Waals surface area (Å²) in [6.45, 7) is 2.57. The van der Waals surface area contributed by atoms with Gasteiger partial charge in [0.05, 0.1) is 13.2 Å². The van der Waals surface area contributed by atoms with E-state index in [2.05, 4.69) is 5.32 Å². The van der Waals surface area contributed by atoms with Gasteiger partial charge in [-0.05, 0) is 24.3 Å². The Morgan fingerprint density at radius 2 is 1.80 bits per heavy atom. The number of benzene rings is 1. The highest BCUT2D eigenvalue weighted by atomic mass is 35.5. The number of nitrogens with one attached hydrogen (secondary N) is 1. The van der Waals surface area contributed by atoms with Gasteiger partial charge >= 0.3 is 0 Å². The van der Waals surface area contributed by atoms with Crippen LogP contribution in [0.1, 0.15) is 10.4 Å². The first-order chi connectivity index (χ1) is 9.58. The lowest BCUT2D eigenvalue weighted by Crippen LogP contribution is -2.55. The number of alkyl halides is 2. The Morgan fingerprint density at radius 3 is 2.35 bits per heavy atom. The minimum Gasteiger partial charge on any atom is -0.379 e. The fraction of sp³-hybridized carbons (Fsp3) is 0.462. The highest BCUT2D eigenvalue weighted by molar-refractivity contribution is 6.44. The van der Waals surface area contributed by atoms with E-state index >= 15 is 0 Å². The van der Waals surface area contributed by atoms with Gasteiger partial charge in [0.2, 0.25) is 0 Å². The van der Waals surface area contributed by atoms with E-state index in [-0.39, 0.29) is 5.91 Å². The second kappa shape index (κ2) is 7.48. The second-order valence-corrected chi connectivity index (χ2v) is 6.01. The highest BCUT2D eigenvalue weighted by Gasteiger charge is 2.28. The first-order valence-electron chi connectivity index (χ1n) is 6.24. The lowest BCUT2D eigenvalue weighted by molar-refractivity contribution is 0.0121. The van der Waals surface area contributed by atoms with Gasteiger partial charge in [-0.25, -0.2) is 0 Å². The van der Waals surface area contributed by atoms with Crippen molar-refractivity contribution < 1.29 is 9.53 Å². The monoisotopic (exact) mass is 336 g/mol. The molecular formula is C13H15Cl3N2O2. The fourth-order valence-electron chi connectivity index (χ4n) is 1.99. The molecule has 0 aliphatic carbocycles. The maximum absolute atomic E-state index is 12.2. The van der Waals surface area contributed by atoms with E-state index in [1.165, 1.54) is 0 Å². The summed E-state index contributed by atoms with van der Waals surface area (Å²) in [7, 11) is 0. The molecular weight excluding hydrogens is 323 g/mol. The number of hydrogen-bond donors (Lipinski definition) is 1. The summed E-state index contributed by atoms with van der Waals surface area (Å²) in [5.41, 5.74) is 0.515. The van der Waals surface area contributed by atoms with E-state index in [0.717, 1.165) is 0 Å². The number of halogens is 3. The third-order valence-electron chi connectivity index (χ3n) is 3.06. The summed E-state index contributed by atoms with van der Waals surface area (Å²) in [5.74, 6) is -0.232. The van der Waals surface area contributed by atoms with Crippen LogP contribution in [0.4, 0.5) is 0 Å². The maximum atomic E-state index is 12.2. The largest absolute Gasteiger partial charge is 0.379 e. The van der Waals surface area contributed by atoms with Crippen LogP contribution >= 0.6 is 34.8 Å². The van der Waals surface area contributed by atoms with Gasteiger partial charge in [-0.15, -0.1) is 23.2 Å². The first-order valence-corrected chi connectivity index (χ1v) is 7.49. The van der Waals surface area contributed by atoms with Gasteiger partial charge in [-0.2, -0.15) is 0 Å². The van der Waals surface area contributed by atoms with Crippen LogP contribution in [0.25, 0.3) is 0 Å². The first kappa shape index (κ1) is 15.9. The SMILES string of the molecule is O=C(N[C@@H](C(Cl)Cl)N1CCOCC1)c1ccc(Cl)cc1. The molecule has 0 saturated carbocycles. The normalized spacial score (nSPS) is 18.0. The number of carbonyl (C=O) groups is 1. The Hall–Kier alpha value is -0.520. The topological polar surface area (TPSA) is 41.6 Å². The third-order valence-corrected chi connectivity index (χ3v) is 3.79. The fourth-order valence-corrected chi connectivity index (χ4v) is 2.56. The molecule has 2 rings (SSSR count). The molecule has 0 radical (unpaired) electrons. The van der Waals surface area contributed by atoms with E-state index in [1.807, 2.05) is 4.90 Å². The number of amides is 1. The molecule has 1 aliphatic rings. The zero-order valence-electron chi connectivity index (χ0n) is 10.7. The van der Waals surface area contributed by atoms with Crippen molar-refractivity contribution in [3.63, 3.8) is 0 Å².